The molecule has 0 aromatic heterocycles. The van der Waals surface area contributed by atoms with Crippen molar-refractivity contribution in [1.82, 2.24) is 0 Å². The second-order valence-electron chi connectivity index (χ2n) is 6.45. The van der Waals surface area contributed by atoms with E-state index in [9.17, 15) is 36.2 Å². The van der Waals surface area contributed by atoms with Gasteiger partial charge in [0.1, 0.15) is 11.5 Å². The van der Waals surface area contributed by atoms with Crippen molar-refractivity contribution in [3.63, 3.8) is 0 Å². The van der Waals surface area contributed by atoms with E-state index >= 15 is 0 Å². The van der Waals surface area contributed by atoms with E-state index in [2.05, 4.69) is 10.1 Å². The molecule has 168 valence electrons. The number of amides is 1. The largest absolute Gasteiger partial charge is 0.573 e. The SMILES string of the molecule is O=C(Nc1cc(C(F)(F)F)ccc1-c1ccc(OC(F)(F)F)cc1)c1ccc(Cl)cc1O. The summed E-state index contributed by atoms with van der Waals surface area (Å²) in [6, 6.07) is 10.5. The minimum absolute atomic E-state index is 0.0957. The quantitative estimate of drug-likeness (QED) is 0.404. The van der Waals surface area contributed by atoms with Gasteiger partial charge in [-0.1, -0.05) is 29.8 Å². The van der Waals surface area contributed by atoms with Crippen LogP contribution in [0.3, 0.4) is 0 Å². The van der Waals surface area contributed by atoms with Gasteiger partial charge in [0.05, 0.1) is 11.1 Å². The van der Waals surface area contributed by atoms with Gasteiger partial charge in [0.15, 0.2) is 0 Å². The maximum absolute atomic E-state index is 13.2. The molecule has 2 N–H and O–H groups in total. The number of carbonyl (C=O) groups is 1. The summed E-state index contributed by atoms with van der Waals surface area (Å²) in [6.45, 7) is 0. The van der Waals surface area contributed by atoms with E-state index in [4.69, 9.17) is 11.6 Å². The number of hydrogen-bond donors (Lipinski definition) is 2. The molecule has 0 aliphatic rings. The highest BCUT2D eigenvalue weighted by molar-refractivity contribution is 6.31. The molecule has 11 heteroatoms. The second-order valence-corrected chi connectivity index (χ2v) is 6.88. The first-order valence-electron chi connectivity index (χ1n) is 8.71. The summed E-state index contributed by atoms with van der Waals surface area (Å²) in [4.78, 5) is 12.6. The molecular formula is C21H12ClF6NO3. The summed E-state index contributed by atoms with van der Waals surface area (Å²) >= 11 is 5.71. The Morgan fingerprint density at radius 2 is 1.56 bits per heavy atom. The summed E-state index contributed by atoms with van der Waals surface area (Å²) in [5.41, 5.74) is -1.27. The maximum Gasteiger partial charge on any atom is 0.573 e. The lowest BCUT2D eigenvalue weighted by molar-refractivity contribution is -0.274. The van der Waals surface area contributed by atoms with Crippen LogP contribution in [0.15, 0.2) is 60.7 Å². The molecule has 1 amide bonds. The molecule has 0 unspecified atom stereocenters. The van der Waals surface area contributed by atoms with Crippen molar-refractivity contribution in [2.45, 2.75) is 12.5 Å². The molecule has 0 fully saturated rings. The molecule has 0 aliphatic heterocycles. The van der Waals surface area contributed by atoms with Crippen LogP contribution in [0.25, 0.3) is 11.1 Å². The van der Waals surface area contributed by atoms with E-state index in [0.717, 1.165) is 30.3 Å². The lowest BCUT2D eigenvalue weighted by Gasteiger charge is -2.16. The first-order valence-corrected chi connectivity index (χ1v) is 9.08. The van der Waals surface area contributed by atoms with Gasteiger partial charge < -0.3 is 15.2 Å². The van der Waals surface area contributed by atoms with E-state index in [1.54, 1.807) is 0 Å². The molecule has 0 aliphatic carbocycles. The third kappa shape index (κ3) is 5.64. The molecule has 32 heavy (non-hydrogen) atoms. The minimum Gasteiger partial charge on any atom is -0.507 e. The Morgan fingerprint density at radius 3 is 2.12 bits per heavy atom. The minimum atomic E-state index is -4.91. The standard InChI is InChI=1S/C21H12ClF6NO3/c22-13-4-8-16(18(30)10-13)19(31)29-17-9-12(20(23,24)25)3-7-15(17)11-1-5-14(6-2-11)32-21(26,27)28/h1-10,30H,(H,29,31). The monoisotopic (exact) mass is 475 g/mol. The Labute approximate surface area is 182 Å². The Balaban J connectivity index is 2.00. The maximum atomic E-state index is 13.2. The Morgan fingerprint density at radius 1 is 0.906 bits per heavy atom. The number of anilines is 1. The predicted molar refractivity (Wildman–Crippen MR) is 105 cm³/mol. The van der Waals surface area contributed by atoms with Crippen LogP contribution in [0.4, 0.5) is 32.0 Å². The van der Waals surface area contributed by atoms with Crippen molar-refractivity contribution in [3.8, 4) is 22.6 Å². The number of ether oxygens (including phenoxy) is 1. The number of rotatable bonds is 4. The zero-order valence-corrected chi connectivity index (χ0v) is 16.4. The van der Waals surface area contributed by atoms with Crippen LogP contribution in [0, 0.1) is 0 Å². The molecule has 0 radical (unpaired) electrons. The van der Waals surface area contributed by atoms with E-state index in [1.807, 2.05) is 0 Å². The summed E-state index contributed by atoms with van der Waals surface area (Å²) in [6.07, 6.45) is -9.62. The number of phenolic OH excluding ortho intramolecular Hbond substituents is 1. The number of nitrogens with one attached hydrogen (secondary N) is 1. The fourth-order valence-electron chi connectivity index (χ4n) is 2.80. The van der Waals surface area contributed by atoms with Crippen LogP contribution >= 0.6 is 11.6 Å². The van der Waals surface area contributed by atoms with Crippen molar-refractivity contribution >= 4 is 23.2 Å². The fourth-order valence-corrected chi connectivity index (χ4v) is 2.96. The third-order valence-corrected chi connectivity index (χ3v) is 4.43. The summed E-state index contributed by atoms with van der Waals surface area (Å²) in [5, 5.41) is 12.3. The number of alkyl halides is 6. The summed E-state index contributed by atoms with van der Waals surface area (Å²) in [5.74, 6) is -1.93. The molecule has 0 atom stereocenters. The first-order chi connectivity index (χ1) is 14.8. The first kappa shape index (κ1) is 23.3. The van der Waals surface area contributed by atoms with Crippen molar-refractivity contribution < 1.29 is 41.0 Å². The van der Waals surface area contributed by atoms with Gasteiger partial charge in [-0.3, -0.25) is 4.79 Å². The zero-order chi connectivity index (χ0) is 23.7. The lowest BCUT2D eigenvalue weighted by atomic mass is 10.0. The van der Waals surface area contributed by atoms with E-state index in [0.29, 0.717) is 6.07 Å². The Kier molecular flexibility index (Phi) is 6.27. The summed E-state index contributed by atoms with van der Waals surface area (Å²) < 4.78 is 80.4. The fraction of sp³-hybridized carbons (Fsp3) is 0.0952. The van der Waals surface area contributed by atoms with Gasteiger partial charge in [0.2, 0.25) is 0 Å². The molecule has 4 nitrogen and oxygen atoms in total. The summed E-state index contributed by atoms with van der Waals surface area (Å²) in [7, 11) is 0. The van der Waals surface area contributed by atoms with Gasteiger partial charge in [0.25, 0.3) is 5.91 Å². The highest BCUT2D eigenvalue weighted by atomic mass is 35.5. The van der Waals surface area contributed by atoms with Crippen LogP contribution in [0.1, 0.15) is 15.9 Å². The normalized spacial score (nSPS) is 11.8. The predicted octanol–water partition coefficient (Wildman–Crippen LogP) is 6.88. The van der Waals surface area contributed by atoms with Gasteiger partial charge in [-0.15, -0.1) is 13.2 Å². The second kappa shape index (κ2) is 8.62. The van der Waals surface area contributed by atoms with Crippen LogP contribution in [-0.2, 0) is 6.18 Å². The number of phenols is 1. The molecule has 3 rings (SSSR count). The van der Waals surface area contributed by atoms with Crippen molar-refractivity contribution in [1.29, 1.82) is 0 Å². The molecule has 0 heterocycles. The Hall–Kier alpha value is -3.40. The molecule has 0 saturated carbocycles. The van der Waals surface area contributed by atoms with Crippen molar-refractivity contribution in [3.05, 3.63) is 76.8 Å². The molecule has 3 aromatic rings. The lowest BCUT2D eigenvalue weighted by Crippen LogP contribution is -2.17. The van der Waals surface area contributed by atoms with Crippen LogP contribution in [-0.4, -0.2) is 17.4 Å². The van der Waals surface area contributed by atoms with Gasteiger partial charge in [-0.2, -0.15) is 13.2 Å². The average Bonchev–Trinajstić information content (AvgIpc) is 2.66. The van der Waals surface area contributed by atoms with E-state index in [1.165, 1.54) is 24.3 Å². The number of halogens is 7. The number of aromatic hydroxyl groups is 1. The third-order valence-electron chi connectivity index (χ3n) is 4.20. The van der Waals surface area contributed by atoms with Crippen LogP contribution < -0.4 is 10.1 Å². The van der Waals surface area contributed by atoms with Crippen molar-refractivity contribution in [2.24, 2.45) is 0 Å². The molecule has 0 saturated heterocycles. The highest BCUT2D eigenvalue weighted by Crippen LogP contribution is 2.37. The topological polar surface area (TPSA) is 58.6 Å². The number of benzene rings is 3. The van der Waals surface area contributed by atoms with Gasteiger partial charge in [0, 0.05) is 16.3 Å². The van der Waals surface area contributed by atoms with Crippen LogP contribution in [0.5, 0.6) is 11.5 Å². The molecule has 0 spiro atoms. The zero-order valence-electron chi connectivity index (χ0n) is 15.7. The van der Waals surface area contributed by atoms with E-state index in [-0.39, 0.29) is 27.4 Å². The van der Waals surface area contributed by atoms with Gasteiger partial charge in [-0.05, 0) is 48.0 Å². The van der Waals surface area contributed by atoms with Crippen LogP contribution in [0.2, 0.25) is 5.02 Å². The number of hydrogen-bond acceptors (Lipinski definition) is 3. The Bertz CT molecular complexity index is 1140. The molecule has 3 aromatic carbocycles. The van der Waals surface area contributed by atoms with Gasteiger partial charge >= 0.3 is 12.5 Å². The van der Waals surface area contributed by atoms with Crippen molar-refractivity contribution in [2.75, 3.05) is 5.32 Å². The number of carbonyl (C=O) groups excluding carboxylic acids is 1. The molecule has 0 bridgehead atoms. The highest BCUT2D eigenvalue weighted by Gasteiger charge is 2.32. The average molecular weight is 476 g/mol. The molecular weight excluding hydrogens is 464 g/mol. The van der Waals surface area contributed by atoms with E-state index < -0.39 is 35.5 Å². The smallest absolute Gasteiger partial charge is 0.507 e. The van der Waals surface area contributed by atoms with Gasteiger partial charge in [-0.25, -0.2) is 0 Å².